The lowest BCUT2D eigenvalue weighted by Crippen LogP contribution is -2.32. The van der Waals surface area contributed by atoms with Crippen molar-refractivity contribution in [3.63, 3.8) is 0 Å². The summed E-state index contributed by atoms with van der Waals surface area (Å²) < 4.78 is 46.4. The van der Waals surface area contributed by atoms with Gasteiger partial charge in [0.1, 0.15) is 23.4 Å². The largest absolute Gasteiger partial charge is 0.496 e. The fraction of sp³-hybridized carbons (Fsp3) is 0.257. The van der Waals surface area contributed by atoms with Crippen molar-refractivity contribution in [3.05, 3.63) is 102 Å². The number of likely N-dealkylation sites (tertiary alicyclic amines) is 1. The SMILES string of the molecule is COc1ccccc1CC(=O)N1CC[C@H](Oc2cccc(NS(=O)(=O)c3cccc(-c4ccc(OC)c(C(=O)N(C)C)c4)c3)c2)C1. The van der Waals surface area contributed by atoms with Gasteiger partial charge < -0.3 is 24.0 Å². The summed E-state index contributed by atoms with van der Waals surface area (Å²) in [5, 5.41) is 0. The number of ether oxygens (including phenoxy) is 3. The van der Waals surface area contributed by atoms with Crippen LogP contribution in [0.25, 0.3) is 11.1 Å². The van der Waals surface area contributed by atoms with Crippen LogP contribution in [0, 0.1) is 0 Å². The predicted molar refractivity (Wildman–Crippen MR) is 176 cm³/mol. The zero-order valence-corrected chi connectivity index (χ0v) is 27.0. The number of carbonyl (C=O) groups excluding carboxylic acids is 2. The Balaban J connectivity index is 1.25. The Bertz CT molecular complexity index is 1840. The van der Waals surface area contributed by atoms with Crippen LogP contribution in [0.5, 0.6) is 17.2 Å². The van der Waals surface area contributed by atoms with Crippen LogP contribution < -0.4 is 18.9 Å². The Labute approximate surface area is 269 Å². The fourth-order valence-electron chi connectivity index (χ4n) is 5.35. The van der Waals surface area contributed by atoms with Crippen molar-refractivity contribution in [1.29, 1.82) is 0 Å². The first-order valence-electron chi connectivity index (χ1n) is 14.8. The first kappa shape index (κ1) is 32.4. The van der Waals surface area contributed by atoms with Gasteiger partial charge in [0.25, 0.3) is 15.9 Å². The Morgan fingerprint density at radius 2 is 1.61 bits per heavy atom. The maximum Gasteiger partial charge on any atom is 0.261 e. The molecule has 4 aromatic rings. The van der Waals surface area contributed by atoms with E-state index in [4.69, 9.17) is 14.2 Å². The van der Waals surface area contributed by atoms with Crippen molar-refractivity contribution in [2.24, 2.45) is 0 Å². The minimum absolute atomic E-state index is 0.00509. The molecular formula is C35H37N3O7S. The number of para-hydroxylation sites is 1. The third-order valence-corrected chi connectivity index (χ3v) is 9.11. The number of benzene rings is 4. The second kappa shape index (κ2) is 13.9. The van der Waals surface area contributed by atoms with Crippen LogP contribution in [0.15, 0.2) is 95.9 Å². The molecule has 4 aromatic carbocycles. The summed E-state index contributed by atoms with van der Waals surface area (Å²) in [6.45, 7) is 1.00. The molecule has 46 heavy (non-hydrogen) atoms. The van der Waals surface area contributed by atoms with E-state index in [0.717, 1.165) is 5.56 Å². The monoisotopic (exact) mass is 643 g/mol. The molecule has 0 aromatic heterocycles. The number of rotatable bonds is 11. The summed E-state index contributed by atoms with van der Waals surface area (Å²) in [6, 6.07) is 25.9. The smallest absolute Gasteiger partial charge is 0.261 e. The molecular weight excluding hydrogens is 606 g/mol. The molecule has 240 valence electrons. The zero-order chi connectivity index (χ0) is 32.8. The molecule has 2 amide bonds. The molecule has 1 aliphatic heterocycles. The number of hydrogen-bond donors (Lipinski definition) is 1. The Morgan fingerprint density at radius 3 is 2.37 bits per heavy atom. The van der Waals surface area contributed by atoms with Gasteiger partial charge >= 0.3 is 0 Å². The van der Waals surface area contributed by atoms with Gasteiger partial charge in [-0.2, -0.15) is 0 Å². The number of nitrogens with zero attached hydrogens (tertiary/aromatic N) is 2. The summed E-state index contributed by atoms with van der Waals surface area (Å²) in [6.07, 6.45) is 0.676. The molecule has 1 heterocycles. The van der Waals surface area contributed by atoms with E-state index in [9.17, 15) is 18.0 Å². The number of hydrogen-bond acceptors (Lipinski definition) is 7. The van der Waals surface area contributed by atoms with Crippen LogP contribution in [-0.4, -0.2) is 77.5 Å². The lowest BCUT2D eigenvalue weighted by atomic mass is 10.0. The number of amides is 2. The van der Waals surface area contributed by atoms with Crippen LogP contribution in [0.4, 0.5) is 5.69 Å². The normalized spacial score (nSPS) is 14.4. The van der Waals surface area contributed by atoms with Gasteiger partial charge in [0, 0.05) is 38.7 Å². The predicted octanol–water partition coefficient (Wildman–Crippen LogP) is 5.10. The second-order valence-electron chi connectivity index (χ2n) is 11.1. The molecule has 0 radical (unpaired) electrons. The van der Waals surface area contributed by atoms with Gasteiger partial charge in [0.2, 0.25) is 5.91 Å². The van der Waals surface area contributed by atoms with Crippen molar-refractivity contribution in [2.45, 2.75) is 23.8 Å². The minimum atomic E-state index is -3.96. The van der Waals surface area contributed by atoms with Crippen LogP contribution in [0.3, 0.4) is 0 Å². The van der Waals surface area contributed by atoms with Crippen LogP contribution in [0.1, 0.15) is 22.3 Å². The molecule has 0 aliphatic carbocycles. The van der Waals surface area contributed by atoms with Crippen LogP contribution >= 0.6 is 0 Å². The van der Waals surface area contributed by atoms with Gasteiger partial charge in [-0.15, -0.1) is 0 Å². The molecule has 10 nitrogen and oxygen atoms in total. The molecule has 1 saturated heterocycles. The number of anilines is 1. The third kappa shape index (κ3) is 7.43. The van der Waals surface area contributed by atoms with E-state index in [-0.39, 0.29) is 29.2 Å². The summed E-state index contributed by atoms with van der Waals surface area (Å²) in [5.74, 6) is 1.37. The zero-order valence-electron chi connectivity index (χ0n) is 26.2. The highest BCUT2D eigenvalue weighted by atomic mass is 32.2. The highest BCUT2D eigenvalue weighted by Gasteiger charge is 2.28. The first-order chi connectivity index (χ1) is 22.1. The van der Waals surface area contributed by atoms with Crippen molar-refractivity contribution in [3.8, 4) is 28.4 Å². The van der Waals surface area contributed by atoms with Gasteiger partial charge in [0.05, 0.1) is 43.3 Å². The lowest BCUT2D eigenvalue weighted by molar-refractivity contribution is -0.129. The topological polar surface area (TPSA) is 114 Å². The van der Waals surface area contributed by atoms with Crippen molar-refractivity contribution >= 4 is 27.5 Å². The molecule has 11 heteroatoms. The highest BCUT2D eigenvalue weighted by Crippen LogP contribution is 2.30. The van der Waals surface area contributed by atoms with Gasteiger partial charge in [-0.3, -0.25) is 14.3 Å². The minimum Gasteiger partial charge on any atom is -0.496 e. The molecule has 0 bridgehead atoms. The number of sulfonamides is 1. The van der Waals surface area contributed by atoms with E-state index in [2.05, 4.69) is 4.72 Å². The van der Waals surface area contributed by atoms with E-state index in [1.54, 1.807) is 86.8 Å². The summed E-state index contributed by atoms with van der Waals surface area (Å²) in [4.78, 5) is 29.0. The van der Waals surface area contributed by atoms with Crippen LogP contribution in [0.2, 0.25) is 0 Å². The molecule has 1 N–H and O–H groups in total. The Morgan fingerprint density at radius 1 is 0.870 bits per heavy atom. The van der Waals surface area contributed by atoms with Crippen molar-refractivity contribution < 1.29 is 32.2 Å². The summed E-state index contributed by atoms with van der Waals surface area (Å²) >= 11 is 0. The average molecular weight is 644 g/mol. The maximum absolute atomic E-state index is 13.4. The third-order valence-electron chi connectivity index (χ3n) is 7.73. The van der Waals surface area contributed by atoms with E-state index < -0.39 is 10.0 Å². The van der Waals surface area contributed by atoms with E-state index in [1.165, 1.54) is 18.1 Å². The average Bonchev–Trinajstić information content (AvgIpc) is 3.53. The number of nitrogens with one attached hydrogen (secondary N) is 1. The Kier molecular flexibility index (Phi) is 9.81. The van der Waals surface area contributed by atoms with Crippen LogP contribution in [-0.2, 0) is 21.2 Å². The fourth-order valence-corrected chi connectivity index (χ4v) is 6.45. The van der Waals surface area contributed by atoms with E-state index >= 15 is 0 Å². The summed E-state index contributed by atoms with van der Waals surface area (Å²) in [5.41, 5.74) is 2.85. The molecule has 1 aliphatic rings. The molecule has 0 spiro atoms. The molecule has 1 atom stereocenters. The highest BCUT2D eigenvalue weighted by molar-refractivity contribution is 7.92. The Hall–Kier alpha value is -5.03. The number of methoxy groups -OCH3 is 2. The molecule has 0 unspecified atom stereocenters. The maximum atomic E-state index is 13.4. The van der Waals surface area contributed by atoms with Gasteiger partial charge in [-0.05, 0) is 53.6 Å². The standard InChI is InChI=1S/C35H37N3O7S/c1-37(2)35(40)31-20-25(15-16-33(31)44-4)24-10-7-13-30(19-24)46(41,42)36-27-11-8-12-28(22-27)45-29-17-18-38(23-29)34(39)21-26-9-5-6-14-32(26)43-3/h5-16,19-20,22,29,36H,17-18,21,23H2,1-4H3/t29-/m0/s1. The van der Waals surface area contributed by atoms with Crippen molar-refractivity contribution in [1.82, 2.24) is 9.80 Å². The second-order valence-corrected chi connectivity index (χ2v) is 12.8. The molecule has 0 saturated carbocycles. The lowest BCUT2D eigenvalue weighted by Gasteiger charge is -2.18. The number of carbonyl (C=O) groups is 2. The van der Waals surface area contributed by atoms with Gasteiger partial charge in [-0.1, -0.05) is 42.5 Å². The first-order valence-corrected chi connectivity index (χ1v) is 16.3. The van der Waals surface area contributed by atoms with E-state index in [0.29, 0.717) is 59.1 Å². The molecule has 1 fully saturated rings. The van der Waals surface area contributed by atoms with Gasteiger partial charge in [0.15, 0.2) is 0 Å². The van der Waals surface area contributed by atoms with E-state index in [1.807, 2.05) is 24.3 Å². The van der Waals surface area contributed by atoms with Crippen molar-refractivity contribution in [2.75, 3.05) is 46.1 Å². The van der Waals surface area contributed by atoms with Gasteiger partial charge in [-0.25, -0.2) is 8.42 Å². The molecule has 5 rings (SSSR count). The quantitative estimate of drug-likeness (QED) is 0.242. The summed E-state index contributed by atoms with van der Waals surface area (Å²) in [7, 11) is 2.43.